The van der Waals surface area contributed by atoms with Crippen LogP contribution in [0.5, 0.6) is 0 Å². The Labute approximate surface area is 125 Å². The highest BCUT2D eigenvalue weighted by Gasteiger charge is 1.90. The molecule has 0 aromatic heterocycles. The lowest BCUT2D eigenvalue weighted by molar-refractivity contribution is -0.117. The Bertz CT molecular complexity index is 301. The smallest absolute Gasteiger partial charge is 0.130 e. The maximum Gasteiger partial charge on any atom is 0.130 e. The van der Waals surface area contributed by atoms with Gasteiger partial charge in [0.15, 0.2) is 0 Å². The summed E-state index contributed by atoms with van der Waals surface area (Å²) in [6.45, 7) is 11.7. The van der Waals surface area contributed by atoms with Crippen molar-refractivity contribution in [3.05, 3.63) is 23.3 Å². The van der Waals surface area contributed by atoms with Crippen LogP contribution in [0.2, 0.25) is 0 Å². The minimum Gasteiger partial charge on any atom is -0.300 e. The second-order valence-electron chi connectivity index (χ2n) is 5.29. The van der Waals surface area contributed by atoms with Crippen LogP contribution in [-0.4, -0.2) is 11.6 Å². The van der Waals surface area contributed by atoms with Gasteiger partial charge in [-0.15, -0.1) is 0 Å². The molecule has 0 saturated carbocycles. The van der Waals surface area contributed by atoms with Crippen molar-refractivity contribution in [1.82, 2.24) is 0 Å². The van der Waals surface area contributed by atoms with Crippen molar-refractivity contribution in [3.63, 3.8) is 0 Å². The Kier molecular flexibility index (Phi) is 15.0. The molecule has 0 bridgehead atoms. The Morgan fingerprint density at radius 1 is 0.700 bits per heavy atom. The third-order valence-electron chi connectivity index (χ3n) is 3.09. The van der Waals surface area contributed by atoms with Gasteiger partial charge in [0.25, 0.3) is 0 Å². The summed E-state index contributed by atoms with van der Waals surface area (Å²) in [4.78, 5) is 21.0. The summed E-state index contributed by atoms with van der Waals surface area (Å²) in [7, 11) is 0. The summed E-state index contributed by atoms with van der Waals surface area (Å²) in [5.41, 5.74) is 2.75. The van der Waals surface area contributed by atoms with Crippen LogP contribution in [0.3, 0.4) is 0 Å². The number of carbonyl (C=O) groups is 2. The molecule has 0 aromatic carbocycles. The van der Waals surface area contributed by atoms with E-state index in [0.29, 0.717) is 12.8 Å². The van der Waals surface area contributed by atoms with Gasteiger partial charge in [-0.05, 0) is 53.4 Å². The molecule has 2 nitrogen and oxygen atoms in total. The number of allylic oxidation sites excluding steroid dienone is 4. The summed E-state index contributed by atoms with van der Waals surface area (Å²) in [5.74, 6) is 0.556. The van der Waals surface area contributed by atoms with E-state index in [1.54, 1.807) is 13.8 Å². The molecule has 2 heteroatoms. The summed E-state index contributed by atoms with van der Waals surface area (Å²) in [5, 5.41) is 0. The van der Waals surface area contributed by atoms with Crippen LogP contribution < -0.4 is 0 Å². The minimum atomic E-state index is 0.278. The molecule has 0 heterocycles. The van der Waals surface area contributed by atoms with E-state index in [2.05, 4.69) is 39.8 Å². The monoisotopic (exact) mass is 280 g/mol. The van der Waals surface area contributed by atoms with Gasteiger partial charge in [-0.25, -0.2) is 0 Å². The van der Waals surface area contributed by atoms with E-state index in [9.17, 15) is 9.59 Å². The zero-order valence-electron chi connectivity index (χ0n) is 14.2. The second kappa shape index (κ2) is 14.2. The van der Waals surface area contributed by atoms with E-state index >= 15 is 0 Å². The van der Waals surface area contributed by atoms with Gasteiger partial charge in [0.2, 0.25) is 0 Å². The van der Waals surface area contributed by atoms with Crippen molar-refractivity contribution in [2.45, 2.75) is 80.1 Å². The lowest BCUT2D eigenvalue weighted by atomic mass is 10.1. The van der Waals surface area contributed by atoms with Crippen molar-refractivity contribution in [1.29, 1.82) is 0 Å². The number of hydrogen-bond acceptors (Lipinski definition) is 2. The van der Waals surface area contributed by atoms with Gasteiger partial charge in [-0.3, -0.25) is 0 Å². The molecule has 0 unspecified atom stereocenters. The highest BCUT2D eigenvalue weighted by atomic mass is 16.1. The average molecular weight is 280 g/mol. The fraction of sp³-hybridized carbons (Fsp3) is 0.667. The standard InChI is InChI=1S/2C9H16O/c2*1-4-8(2)6-5-7-9(3)10/h2*6H,4-5,7H2,1-3H3/b8-6+;8-6-. The van der Waals surface area contributed by atoms with Crippen molar-refractivity contribution in [3.8, 4) is 0 Å². The van der Waals surface area contributed by atoms with Crippen molar-refractivity contribution in [2.75, 3.05) is 0 Å². The number of hydrogen-bond donors (Lipinski definition) is 0. The lowest BCUT2D eigenvalue weighted by Gasteiger charge is -1.93. The lowest BCUT2D eigenvalue weighted by Crippen LogP contribution is -1.87. The molecule has 0 atom stereocenters. The highest BCUT2D eigenvalue weighted by molar-refractivity contribution is 5.75. The van der Waals surface area contributed by atoms with Crippen LogP contribution in [0.25, 0.3) is 0 Å². The number of carbonyl (C=O) groups excluding carboxylic acids is 2. The molecule has 0 fully saturated rings. The molecule has 0 N–H and O–H groups in total. The molecule has 0 spiro atoms. The second-order valence-corrected chi connectivity index (χ2v) is 5.29. The molecule has 0 saturated heterocycles. The molecule has 116 valence electrons. The molecule has 0 aliphatic carbocycles. The molecule has 0 aromatic rings. The van der Waals surface area contributed by atoms with E-state index in [1.807, 2.05) is 0 Å². The summed E-state index contributed by atoms with van der Waals surface area (Å²) in [6, 6.07) is 0. The molecule has 0 aliphatic rings. The molecular formula is C18H32O2. The average Bonchev–Trinajstić information content (AvgIpc) is 2.38. The van der Waals surface area contributed by atoms with Crippen LogP contribution in [-0.2, 0) is 9.59 Å². The van der Waals surface area contributed by atoms with Crippen LogP contribution in [0.15, 0.2) is 23.3 Å². The van der Waals surface area contributed by atoms with Gasteiger partial charge in [-0.1, -0.05) is 37.1 Å². The van der Waals surface area contributed by atoms with Gasteiger partial charge in [0, 0.05) is 12.8 Å². The zero-order valence-corrected chi connectivity index (χ0v) is 14.2. The quantitative estimate of drug-likeness (QED) is 0.556. The van der Waals surface area contributed by atoms with Crippen molar-refractivity contribution in [2.24, 2.45) is 0 Å². The van der Waals surface area contributed by atoms with Gasteiger partial charge in [0.05, 0.1) is 0 Å². The molecule has 20 heavy (non-hydrogen) atoms. The highest BCUT2D eigenvalue weighted by Crippen LogP contribution is 2.02. The summed E-state index contributed by atoms with van der Waals surface area (Å²) in [6.07, 6.45) is 9.68. The molecule has 0 radical (unpaired) electrons. The predicted molar refractivity (Wildman–Crippen MR) is 87.9 cm³/mol. The largest absolute Gasteiger partial charge is 0.300 e. The number of rotatable bonds is 8. The third-order valence-corrected chi connectivity index (χ3v) is 3.09. The topological polar surface area (TPSA) is 34.1 Å². The minimum absolute atomic E-state index is 0.278. The molecular weight excluding hydrogens is 248 g/mol. The van der Waals surface area contributed by atoms with Crippen molar-refractivity contribution >= 4 is 11.6 Å². The Hall–Kier alpha value is -1.18. The van der Waals surface area contributed by atoms with Crippen LogP contribution in [0.4, 0.5) is 0 Å². The Morgan fingerprint density at radius 3 is 1.20 bits per heavy atom. The van der Waals surface area contributed by atoms with Crippen LogP contribution in [0, 0.1) is 0 Å². The van der Waals surface area contributed by atoms with E-state index < -0.39 is 0 Å². The number of ketones is 2. The van der Waals surface area contributed by atoms with E-state index in [4.69, 9.17) is 0 Å². The third kappa shape index (κ3) is 19.2. The van der Waals surface area contributed by atoms with Crippen LogP contribution in [0.1, 0.15) is 80.1 Å². The zero-order chi connectivity index (χ0) is 16.0. The fourth-order valence-electron chi connectivity index (χ4n) is 1.33. The van der Waals surface area contributed by atoms with Gasteiger partial charge >= 0.3 is 0 Å². The first-order valence-electron chi connectivity index (χ1n) is 7.63. The van der Waals surface area contributed by atoms with E-state index in [1.165, 1.54) is 11.1 Å². The first-order valence-corrected chi connectivity index (χ1v) is 7.63. The molecule has 0 aliphatic heterocycles. The first-order chi connectivity index (χ1) is 9.33. The maximum absolute atomic E-state index is 10.5. The van der Waals surface area contributed by atoms with Gasteiger partial charge in [-0.2, -0.15) is 0 Å². The van der Waals surface area contributed by atoms with Gasteiger partial charge in [0.1, 0.15) is 11.6 Å². The van der Waals surface area contributed by atoms with E-state index in [-0.39, 0.29) is 11.6 Å². The maximum atomic E-state index is 10.5. The summed E-state index contributed by atoms with van der Waals surface area (Å²) < 4.78 is 0. The van der Waals surface area contributed by atoms with Crippen LogP contribution >= 0.6 is 0 Å². The normalized spacial score (nSPS) is 11.7. The SMILES string of the molecule is CC/C(C)=C/CCC(C)=O.CC/C(C)=C\CCC(C)=O. The van der Waals surface area contributed by atoms with Gasteiger partial charge < -0.3 is 9.59 Å². The first kappa shape index (κ1) is 21.1. The van der Waals surface area contributed by atoms with Crippen molar-refractivity contribution < 1.29 is 9.59 Å². The Balaban J connectivity index is 0. The Morgan fingerprint density at radius 2 is 1.00 bits per heavy atom. The number of Topliss-reactive ketones (excluding diaryl/α,β-unsaturated/α-hetero) is 2. The molecule has 0 amide bonds. The fourth-order valence-corrected chi connectivity index (χ4v) is 1.33. The van der Waals surface area contributed by atoms with E-state index in [0.717, 1.165) is 25.7 Å². The molecule has 0 rings (SSSR count). The predicted octanol–water partition coefficient (Wildman–Crippen LogP) is 5.42. The summed E-state index contributed by atoms with van der Waals surface area (Å²) >= 11 is 0.